The second-order valence-electron chi connectivity index (χ2n) is 7.63. The van der Waals surface area contributed by atoms with Crippen LogP contribution in [0.1, 0.15) is 34.9 Å². The van der Waals surface area contributed by atoms with Crippen molar-refractivity contribution < 1.29 is 35.9 Å². The van der Waals surface area contributed by atoms with Gasteiger partial charge < -0.3 is 14.9 Å². The van der Waals surface area contributed by atoms with Crippen LogP contribution in [-0.2, 0) is 6.18 Å². The van der Waals surface area contributed by atoms with Crippen LogP contribution in [0.5, 0.6) is 5.75 Å². The monoisotopic (exact) mass is 507 g/mol. The van der Waals surface area contributed by atoms with E-state index in [1.807, 2.05) is 0 Å². The summed E-state index contributed by atoms with van der Waals surface area (Å²) in [5.41, 5.74) is 9.04. The zero-order chi connectivity index (χ0) is 26.2. The van der Waals surface area contributed by atoms with Gasteiger partial charge in [-0.25, -0.2) is 18.7 Å². The zero-order valence-corrected chi connectivity index (χ0v) is 18.7. The molecule has 0 saturated carbocycles. The average Bonchev–Trinajstić information content (AvgIpc) is 3.27. The number of hydrogen-bond acceptors (Lipinski definition) is 7. The van der Waals surface area contributed by atoms with Crippen molar-refractivity contribution in [2.75, 3.05) is 12.5 Å². The molecule has 0 aliphatic heterocycles. The Morgan fingerprint density at radius 3 is 2.50 bits per heavy atom. The number of anilines is 1. The number of alkyl halides is 3. The van der Waals surface area contributed by atoms with E-state index in [1.165, 1.54) is 32.2 Å². The van der Waals surface area contributed by atoms with Crippen LogP contribution < -0.4 is 21.3 Å². The molecule has 1 amide bonds. The molecule has 4 N–H and O–H groups in total. The lowest BCUT2D eigenvalue weighted by atomic mass is 10.1. The molecule has 4 rings (SSSR count). The van der Waals surface area contributed by atoms with Crippen LogP contribution >= 0.6 is 0 Å². The first kappa shape index (κ1) is 24.9. The lowest BCUT2D eigenvalue weighted by Gasteiger charge is -2.11. The van der Waals surface area contributed by atoms with Gasteiger partial charge in [0.25, 0.3) is 5.91 Å². The highest BCUT2D eigenvalue weighted by atomic mass is 19.4. The number of halogens is 5. The normalized spacial score (nSPS) is 12.4. The Hall–Kier alpha value is -4.26. The Labute approximate surface area is 200 Å². The minimum atomic E-state index is -4.68. The second kappa shape index (κ2) is 9.41. The van der Waals surface area contributed by atoms with Crippen molar-refractivity contribution in [3.8, 4) is 17.2 Å². The Balaban J connectivity index is 1.73. The fourth-order valence-corrected chi connectivity index (χ4v) is 3.39. The molecule has 0 aliphatic carbocycles. The molecule has 0 bridgehead atoms. The molecule has 2 aromatic heterocycles. The maximum Gasteiger partial charge on any atom is 0.433 e. The summed E-state index contributed by atoms with van der Waals surface area (Å²) in [5, 5.41) is 0.221. The third-order valence-electron chi connectivity index (χ3n) is 5.08. The van der Waals surface area contributed by atoms with Crippen molar-refractivity contribution in [3.63, 3.8) is 0 Å². The van der Waals surface area contributed by atoms with Gasteiger partial charge in [-0.05, 0) is 43.3 Å². The van der Waals surface area contributed by atoms with E-state index in [1.54, 1.807) is 0 Å². The van der Waals surface area contributed by atoms with Gasteiger partial charge in [0.05, 0.1) is 18.8 Å². The fraction of sp³-hybridized carbons (Fsp3) is 0.174. The molecular formula is C23H18F5N5O3. The summed E-state index contributed by atoms with van der Waals surface area (Å²) in [5.74, 6) is -2.66. The van der Waals surface area contributed by atoms with Crippen LogP contribution in [0.25, 0.3) is 22.4 Å². The smallest absolute Gasteiger partial charge is 0.433 e. The number of methoxy groups -OCH3 is 1. The molecule has 0 radical (unpaired) electrons. The summed E-state index contributed by atoms with van der Waals surface area (Å²) in [6.45, 7) is 1.53. The van der Waals surface area contributed by atoms with Gasteiger partial charge in [-0.1, -0.05) is 0 Å². The largest absolute Gasteiger partial charge is 0.494 e. The number of amides is 1. The fourth-order valence-electron chi connectivity index (χ4n) is 3.39. The van der Waals surface area contributed by atoms with Crippen molar-refractivity contribution in [1.29, 1.82) is 0 Å². The molecule has 188 valence electrons. The summed E-state index contributed by atoms with van der Waals surface area (Å²) in [6, 6.07) is 6.76. The second-order valence-corrected chi connectivity index (χ2v) is 7.63. The minimum absolute atomic E-state index is 0.0345. The SMILES string of the molecule is COc1ccc(-c2nc(C(=O)NNc3ccc(F)cc3F)c([C@H](C)N)o2)c2ccc(C(F)(F)F)nc12. The minimum Gasteiger partial charge on any atom is -0.494 e. The maximum absolute atomic E-state index is 13.9. The number of nitrogens with one attached hydrogen (secondary N) is 2. The quantitative estimate of drug-likeness (QED) is 0.249. The summed E-state index contributed by atoms with van der Waals surface area (Å²) < 4.78 is 77.4. The van der Waals surface area contributed by atoms with Gasteiger partial charge in [-0.2, -0.15) is 13.2 Å². The molecule has 0 unspecified atom stereocenters. The van der Waals surface area contributed by atoms with E-state index in [4.69, 9.17) is 14.9 Å². The van der Waals surface area contributed by atoms with E-state index in [2.05, 4.69) is 20.8 Å². The van der Waals surface area contributed by atoms with E-state index in [9.17, 15) is 26.7 Å². The van der Waals surface area contributed by atoms with Gasteiger partial charge in [-0.15, -0.1) is 0 Å². The Morgan fingerprint density at radius 1 is 1.11 bits per heavy atom. The Morgan fingerprint density at radius 2 is 1.86 bits per heavy atom. The molecule has 13 heteroatoms. The summed E-state index contributed by atoms with van der Waals surface area (Å²) in [6.07, 6.45) is -4.68. The third kappa shape index (κ3) is 4.77. The number of pyridine rings is 1. The highest BCUT2D eigenvalue weighted by Gasteiger charge is 2.33. The van der Waals surface area contributed by atoms with Crippen LogP contribution in [0.4, 0.5) is 27.6 Å². The van der Waals surface area contributed by atoms with Crippen molar-refractivity contribution >= 4 is 22.5 Å². The zero-order valence-electron chi connectivity index (χ0n) is 18.7. The third-order valence-corrected chi connectivity index (χ3v) is 5.08. The highest BCUT2D eigenvalue weighted by molar-refractivity contribution is 5.98. The molecule has 4 aromatic rings. The number of carbonyl (C=O) groups excluding carboxylic acids is 1. The average molecular weight is 507 g/mol. The van der Waals surface area contributed by atoms with Crippen LogP contribution in [0, 0.1) is 11.6 Å². The molecule has 8 nitrogen and oxygen atoms in total. The molecule has 2 aromatic carbocycles. The van der Waals surface area contributed by atoms with Crippen molar-refractivity contribution in [2.24, 2.45) is 5.73 Å². The van der Waals surface area contributed by atoms with Gasteiger partial charge in [0, 0.05) is 17.0 Å². The number of fused-ring (bicyclic) bond motifs is 1. The molecule has 0 saturated heterocycles. The van der Waals surface area contributed by atoms with E-state index in [-0.39, 0.29) is 45.2 Å². The molecule has 1 atom stereocenters. The van der Waals surface area contributed by atoms with Crippen molar-refractivity contribution in [2.45, 2.75) is 19.1 Å². The first-order valence-corrected chi connectivity index (χ1v) is 10.3. The van der Waals surface area contributed by atoms with Gasteiger partial charge in [-0.3, -0.25) is 15.6 Å². The molecule has 0 spiro atoms. The number of ether oxygens (including phenoxy) is 1. The molecule has 0 aliphatic rings. The van der Waals surface area contributed by atoms with E-state index >= 15 is 0 Å². The molecule has 36 heavy (non-hydrogen) atoms. The van der Waals surface area contributed by atoms with Crippen LogP contribution in [0.15, 0.2) is 46.9 Å². The highest BCUT2D eigenvalue weighted by Crippen LogP contribution is 2.37. The standard InChI is InChI=1S/C23H18F5N5O3/c1-10(29)20-19(21(34)33-32-15-6-3-11(24)9-14(15)25)31-22(36-20)13-4-7-16(35-2)18-12(13)5-8-17(30-18)23(26,27)28/h3-10,32H,29H2,1-2H3,(H,33,34)/t10-/m0/s1. The topological polar surface area (TPSA) is 115 Å². The predicted octanol–water partition coefficient (Wildman–Crippen LogP) is 4.97. The summed E-state index contributed by atoms with van der Waals surface area (Å²) >= 11 is 0. The van der Waals surface area contributed by atoms with E-state index < -0.39 is 35.5 Å². The Kier molecular flexibility index (Phi) is 6.50. The first-order chi connectivity index (χ1) is 17.0. The molecule has 0 fully saturated rings. The number of rotatable bonds is 6. The number of benzene rings is 2. The van der Waals surface area contributed by atoms with E-state index in [0.29, 0.717) is 6.07 Å². The van der Waals surface area contributed by atoms with Gasteiger partial charge >= 0.3 is 6.18 Å². The van der Waals surface area contributed by atoms with Gasteiger partial charge in [0.15, 0.2) is 17.3 Å². The van der Waals surface area contributed by atoms with Crippen molar-refractivity contribution in [3.05, 3.63) is 71.2 Å². The van der Waals surface area contributed by atoms with Crippen LogP contribution in [-0.4, -0.2) is 23.0 Å². The number of nitrogens with two attached hydrogens (primary N) is 1. The first-order valence-electron chi connectivity index (χ1n) is 10.3. The van der Waals surface area contributed by atoms with Gasteiger partial charge in [0.1, 0.15) is 22.8 Å². The van der Waals surface area contributed by atoms with Crippen molar-refractivity contribution in [1.82, 2.24) is 15.4 Å². The van der Waals surface area contributed by atoms with Crippen LogP contribution in [0.2, 0.25) is 0 Å². The number of nitrogens with zero attached hydrogens (tertiary/aromatic N) is 2. The molecular weight excluding hydrogens is 489 g/mol. The maximum atomic E-state index is 13.9. The molecule has 2 heterocycles. The summed E-state index contributed by atoms with van der Waals surface area (Å²) in [7, 11) is 1.29. The number of oxazole rings is 1. The lowest BCUT2D eigenvalue weighted by molar-refractivity contribution is -0.140. The van der Waals surface area contributed by atoms with Crippen LogP contribution in [0.3, 0.4) is 0 Å². The Bertz CT molecular complexity index is 1450. The number of carbonyl (C=O) groups is 1. The summed E-state index contributed by atoms with van der Waals surface area (Å²) in [4.78, 5) is 20.6. The predicted molar refractivity (Wildman–Crippen MR) is 119 cm³/mol. The number of aromatic nitrogens is 2. The van der Waals surface area contributed by atoms with Gasteiger partial charge in [0.2, 0.25) is 5.89 Å². The number of hydrazine groups is 1. The lowest BCUT2D eigenvalue weighted by Crippen LogP contribution is -2.31. The van der Waals surface area contributed by atoms with E-state index in [0.717, 1.165) is 18.2 Å². The number of hydrogen-bond donors (Lipinski definition) is 3.